The summed E-state index contributed by atoms with van der Waals surface area (Å²) in [6.07, 6.45) is 1.80. The number of methoxy groups -OCH3 is 2. The second-order valence-corrected chi connectivity index (χ2v) is 11.9. The van der Waals surface area contributed by atoms with Gasteiger partial charge >= 0.3 is 5.97 Å². The lowest BCUT2D eigenvalue weighted by molar-refractivity contribution is -0.139. The molecule has 1 aliphatic heterocycles. The van der Waals surface area contributed by atoms with Crippen LogP contribution >= 0.6 is 11.3 Å². The molecule has 234 valence electrons. The Balaban J connectivity index is 1.38. The van der Waals surface area contributed by atoms with Gasteiger partial charge in [-0.1, -0.05) is 72.0 Å². The summed E-state index contributed by atoms with van der Waals surface area (Å²) in [5, 5.41) is 2.29. The molecule has 0 spiro atoms. The Bertz CT molecular complexity index is 2170. The SMILES string of the molecule is CCOC(=O)C1=C(C)N=c2s/c(=C/c3ccc(OCc4cccc5ccccc45)c(OC)c3)c(=O)n2[C@@H]1c1ccc(C)c(OC)c1. The van der Waals surface area contributed by atoms with Gasteiger partial charge in [0.2, 0.25) is 0 Å². The Morgan fingerprint density at radius 3 is 2.50 bits per heavy atom. The van der Waals surface area contributed by atoms with E-state index < -0.39 is 12.0 Å². The summed E-state index contributed by atoms with van der Waals surface area (Å²) in [7, 11) is 3.19. The normalized spacial score (nSPS) is 14.5. The summed E-state index contributed by atoms with van der Waals surface area (Å²) in [5.41, 5.74) is 4.06. The van der Waals surface area contributed by atoms with E-state index in [0.717, 1.165) is 33.0 Å². The van der Waals surface area contributed by atoms with E-state index in [4.69, 9.17) is 18.9 Å². The molecule has 5 aromatic rings. The van der Waals surface area contributed by atoms with Crippen LogP contribution in [0.1, 0.15) is 42.1 Å². The third kappa shape index (κ3) is 5.81. The predicted octanol–water partition coefficient (Wildman–Crippen LogP) is 5.86. The minimum absolute atomic E-state index is 0.202. The highest BCUT2D eigenvalue weighted by Gasteiger charge is 2.33. The number of rotatable bonds is 9. The first-order chi connectivity index (χ1) is 22.3. The second kappa shape index (κ2) is 13.1. The van der Waals surface area contributed by atoms with Crippen LogP contribution in [0.25, 0.3) is 16.8 Å². The zero-order valence-corrected chi connectivity index (χ0v) is 27.1. The maximum Gasteiger partial charge on any atom is 0.338 e. The summed E-state index contributed by atoms with van der Waals surface area (Å²) in [6.45, 7) is 6.04. The number of aryl methyl sites for hydroxylation is 1. The number of esters is 1. The van der Waals surface area contributed by atoms with Crippen molar-refractivity contribution in [2.45, 2.75) is 33.4 Å². The van der Waals surface area contributed by atoms with Gasteiger partial charge in [-0.2, -0.15) is 0 Å². The standard InChI is InChI=1S/C37H34N2O6S/c1-6-44-36(41)33-23(3)38-37-39(34(33)26-16-14-22(2)30(20-26)42-4)35(40)32(46-37)19-24-15-17-29(31(18-24)43-5)45-21-27-12-9-11-25-10-7-8-13-28(25)27/h7-20,34H,6,21H2,1-5H3/b32-19+/t34-/m1/s1. The van der Waals surface area contributed by atoms with Crippen molar-refractivity contribution in [1.29, 1.82) is 0 Å². The second-order valence-electron chi connectivity index (χ2n) is 10.9. The van der Waals surface area contributed by atoms with Crippen LogP contribution in [-0.2, 0) is 16.1 Å². The van der Waals surface area contributed by atoms with Crippen molar-refractivity contribution in [3.8, 4) is 17.2 Å². The van der Waals surface area contributed by atoms with E-state index in [1.54, 1.807) is 38.7 Å². The van der Waals surface area contributed by atoms with Gasteiger partial charge in [0, 0.05) is 0 Å². The van der Waals surface area contributed by atoms with Crippen LogP contribution in [0.2, 0.25) is 0 Å². The fourth-order valence-corrected chi connectivity index (χ4v) is 6.78. The molecular formula is C37H34N2O6S. The molecule has 0 saturated carbocycles. The highest BCUT2D eigenvalue weighted by atomic mass is 32.1. The van der Waals surface area contributed by atoms with Gasteiger partial charge in [-0.25, -0.2) is 9.79 Å². The van der Waals surface area contributed by atoms with Gasteiger partial charge in [-0.15, -0.1) is 0 Å². The molecule has 0 N–H and O–H groups in total. The Labute approximate surface area is 270 Å². The molecule has 4 aromatic carbocycles. The van der Waals surface area contributed by atoms with E-state index >= 15 is 0 Å². The molecule has 1 aliphatic rings. The highest BCUT2D eigenvalue weighted by Crippen LogP contribution is 2.34. The Hall–Kier alpha value is -5.15. The summed E-state index contributed by atoms with van der Waals surface area (Å²) >= 11 is 1.26. The minimum atomic E-state index is -0.730. The number of allylic oxidation sites excluding steroid dienone is 1. The molecule has 0 unspecified atom stereocenters. The van der Waals surface area contributed by atoms with Gasteiger partial charge < -0.3 is 18.9 Å². The molecule has 0 saturated heterocycles. The molecule has 2 heterocycles. The van der Waals surface area contributed by atoms with Crippen LogP contribution in [0.5, 0.6) is 17.2 Å². The van der Waals surface area contributed by atoms with Gasteiger partial charge in [0.1, 0.15) is 12.4 Å². The van der Waals surface area contributed by atoms with E-state index in [2.05, 4.69) is 29.3 Å². The number of hydrogen-bond donors (Lipinski definition) is 0. The lowest BCUT2D eigenvalue weighted by Crippen LogP contribution is -2.40. The zero-order valence-electron chi connectivity index (χ0n) is 26.3. The number of fused-ring (bicyclic) bond motifs is 2. The molecule has 0 fully saturated rings. The van der Waals surface area contributed by atoms with Crippen LogP contribution in [0.3, 0.4) is 0 Å². The first kappa shape index (κ1) is 30.9. The lowest BCUT2D eigenvalue weighted by Gasteiger charge is -2.25. The van der Waals surface area contributed by atoms with E-state index in [9.17, 15) is 9.59 Å². The number of aromatic nitrogens is 1. The molecule has 0 aliphatic carbocycles. The molecular weight excluding hydrogens is 600 g/mol. The van der Waals surface area contributed by atoms with Crippen molar-refractivity contribution in [1.82, 2.24) is 4.57 Å². The summed E-state index contributed by atoms with van der Waals surface area (Å²) in [4.78, 5) is 32.5. The third-order valence-corrected chi connectivity index (χ3v) is 9.00. The van der Waals surface area contributed by atoms with E-state index in [1.807, 2.05) is 61.5 Å². The highest BCUT2D eigenvalue weighted by molar-refractivity contribution is 7.07. The molecule has 6 rings (SSSR count). The van der Waals surface area contributed by atoms with E-state index in [1.165, 1.54) is 11.3 Å². The largest absolute Gasteiger partial charge is 0.496 e. The van der Waals surface area contributed by atoms with E-state index in [-0.39, 0.29) is 12.2 Å². The Morgan fingerprint density at radius 1 is 0.935 bits per heavy atom. The first-order valence-electron chi connectivity index (χ1n) is 14.9. The van der Waals surface area contributed by atoms with Gasteiger partial charge in [-0.05, 0) is 78.1 Å². The minimum Gasteiger partial charge on any atom is -0.496 e. The Kier molecular flexibility index (Phi) is 8.76. The van der Waals surface area contributed by atoms with Crippen LogP contribution in [-0.4, -0.2) is 31.4 Å². The van der Waals surface area contributed by atoms with Crippen molar-refractivity contribution in [2.75, 3.05) is 20.8 Å². The number of benzene rings is 4. The van der Waals surface area contributed by atoms with Crippen molar-refractivity contribution in [2.24, 2.45) is 4.99 Å². The maximum atomic E-state index is 14.1. The average Bonchev–Trinajstić information content (AvgIpc) is 3.37. The van der Waals surface area contributed by atoms with Crippen molar-refractivity contribution < 1.29 is 23.7 Å². The summed E-state index contributed by atoms with van der Waals surface area (Å²) in [6, 6.07) is 24.9. The number of ether oxygens (including phenoxy) is 4. The van der Waals surface area contributed by atoms with Crippen LogP contribution < -0.4 is 29.1 Å². The number of nitrogens with zero attached hydrogens (tertiary/aromatic N) is 2. The molecule has 0 amide bonds. The van der Waals surface area contributed by atoms with Crippen LogP contribution in [0.4, 0.5) is 0 Å². The smallest absolute Gasteiger partial charge is 0.338 e. The molecule has 8 nitrogen and oxygen atoms in total. The average molecular weight is 635 g/mol. The summed E-state index contributed by atoms with van der Waals surface area (Å²) in [5.74, 6) is 1.29. The number of thiazole rings is 1. The van der Waals surface area contributed by atoms with Crippen molar-refractivity contribution in [3.05, 3.63) is 132 Å². The van der Waals surface area contributed by atoms with Gasteiger partial charge in [0.15, 0.2) is 16.3 Å². The fraction of sp³-hybridized carbons (Fsp3) is 0.216. The molecule has 46 heavy (non-hydrogen) atoms. The maximum absolute atomic E-state index is 14.1. The molecule has 0 radical (unpaired) electrons. The van der Waals surface area contributed by atoms with Crippen molar-refractivity contribution >= 4 is 34.2 Å². The van der Waals surface area contributed by atoms with Gasteiger partial charge in [0.05, 0.1) is 42.7 Å². The molecule has 9 heteroatoms. The zero-order chi connectivity index (χ0) is 32.4. The van der Waals surface area contributed by atoms with Gasteiger partial charge in [-0.3, -0.25) is 9.36 Å². The summed E-state index contributed by atoms with van der Waals surface area (Å²) < 4.78 is 24.9. The number of carbonyl (C=O) groups excluding carboxylic acids is 1. The lowest BCUT2D eigenvalue weighted by atomic mass is 9.95. The van der Waals surface area contributed by atoms with Crippen molar-refractivity contribution in [3.63, 3.8) is 0 Å². The fourth-order valence-electron chi connectivity index (χ4n) is 5.73. The van der Waals surface area contributed by atoms with E-state index in [0.29, 0.717) is 44.5 Å². The Morgan fingerprint density at radius 2 is 1.72 bits per heavy atom. The monoisotopic (exact) mass is 634 g/mol. The topological polar surface area (TPSA) is 88.4 Å². The van der Waals surface area contributed by atoms with Crippen LogP contribution in [0, 0.1) is 6.92 Å². The number of hydrogen-bond acceptors (Lipinski definition) is 8. The van der Waals surface area contributed by atoms with Crippen LogP contribution in [0.15, 0.2) is 99.9 Å². The quantitative estimate of drug-likeness (QED) is 0.189. The van der Waals surface area contributed by atoms with Gasteiger partial charge in [0.25, 0.3) is 5.56 Å². The predicted molar refractivity (Wildman–Crippen MR) is 179 cm³/mol. The number of carbonyl (C=O) groups is 1. The molecule has 1 atom stereocenters. The first-order valence-corrected chi connectivity index (χ1v) is 15.8. The third-order valence-electron chi connectivity index (χ3n) is 8.01. The molecule has 1 aromatic heterocycles. The molecule has 0 bridgehead atoms.